The van der Waals surface area contributed by atoms with Crippen LogP contribution >= 0.6 is 0 Å². The van der Waals surface area contributed by atoms with Crippen LogP contribution in [0.25, 0.3) is 0 Å². The minimum atomic E-state index is 0.331. The van der Waals surface area contributed by atoms with Crippen LogP contribution in [0.3, 0.4) is 0 Å². The third-order valence-corrected chi connectivity index (χ3v) is 4.61. The Labute approximate surface area is 132 Å². The van der Waals surface area contributed by atoms with Gasteiger partial charge < -0.3 is 10.6 Å². The summed E-state index contributed by atoms with van der Waals surface area (Å²) >= 11 is 0. The van der Waals surface area contributed by atoms with Crippen molar-refractivity contribution in [2.75, 3.05) is 6.54 Å². The highest BCUT2D eigenvalue weighted by Crippen LogP contribution is 2.46. The maximum absolute atomic E-state index is 4.24. The van der Waals surface area contributed by atoms with Gasteiger partial charge in [0, 0.05) is 18.3 Å². The Balaban J connectivity index is 2.56. The number of allylic oxidation sites excluding steroid dienone is 1. The van der Waals surface area contributed by atoms with Gasteiger partial charge in [-0.05, 0) is 49.1 Å². The van der Waals surface area contributed by atoms with Crippen molar-refractivity contribution < 1.29 is 0 Å². The summed E-state index contributed by atoms with van der Waals surface area (Å²) in [7, 11) is 0. The molecule has 1 aliphatic carbocycles. The fraction of sp³-hybridized carbons (Fsp3) is 0.789. The third-order valence-electron chi connectivity index (χ3n) is 4.61. The van der Waals surface area contributed by atoms with Crippen LogP contribution in [0.2, 0.25) is 0 Å². The molecule has 1 saturated carbocycles. The molecule has 0 heterocycles. The van der Waals surface area contributed by atoms with Crippen LogP contribution < -0.4 is 10.6 Å². The smallest absolute Gasteiger partial charge is 0.0269 e. The van der Waals surface area contributed by atoms with Crippen molar-refractivity contribution in [2.24, 2.45) is 10.8 Å². The zero-order chi connectivity index (χ0) is 15.9. The van der Waals surface area contributed by atoms with Crippen molar-refractivity contribution >= 4 is 0 Å². The number of rotatable bonds is 9. The highest BCUT2D eigenvalue weighted by molar-refractivity contribution is 5.01. The van der Waals surface area contributed by atoms with E-state index in [1.807, 2.05) is 6.20 Å². The molecule has 2 unspecified atom stereocenters. The maximum Gasteiger partial charge on any atom is 0.0269 e. The van der Waals surface area contributed by atoms with Crippen molar-refractivity contribution in [1.29, 1.82) is 0 Å². The molecule has 0 aromatic heterocycles. The second kappa shape index (κ2) is 7.91. The quantitative estimate of drug-likeness (QED) is 0.585. The van der Waals surface area contributed by atoms with Gasteiger partial charge in [-0.2, -0.15) is 0 Å². The first-order valence-corrected chi connectivity index (χ1v) is 8.59. The molecule has 2 nitrogen and oxygen atoms in total. The van der Waals surface area contributed by atoms with Crippen LogP contribution in [-0.2, 0) is 0 Å². The van der Waals surface area contributed by atoms with E-state index in [0.29, 0.717) is 16.9 Å². The van der Waals surface area contributed by atoms with Gasteiger partial charge in [-0.15, -0.1) is 0 Å². The highest BCUT2D eigenvalue weighted by Gasteiger charge is 2.40. The van der Waals surface area contributed by atoms with Gasteiger partial charge >= 0.3 is 0 Å². The zero-order valence-corrected chi connectivity index (χ0v) is 14.7. The molecule has 1 aliphatic rings. The molecule has 1 rings (SSSR count). The topological polar surface area (TPSA) is 24.1 Å². The first-order chi connectivity index (χ1) is 9.80. The Hall–Kier alpha value is -0.920. The molecule has 0 saturated heterocycles. The summed E-state index contributed by atoms with van der Waals surface area (Å²) < 4.78 is 0. The first-order valence-electron chi connectivity index (χ1n) is 8.59. The van der Waals surface area contributed by atoms with Gasteiger partial charge in [0.15, 0.2) is 0 Å². The number of nitrogens with one attached hydrogen (secondary N) is 2. The highest BCUT2D eigenvalue weighted by atomic mass is 14.9. The van der Waals surface area contributed by atoms with Crippen molar-refractivity contribution in [3.63, 3.8) is 0 Å². The summed E-state index contributed by atoms with van der Waals surface area (Å²) in [5.41, 5.74) is 1.94. The number of unbranched alkanes of at least 4 members (excludes halogenated alkanes) is 2. The standard InChI is InChI=1S/C19H36N2/c1-7-9-10-11-16(3)21-17-12-18(4,5)14-19(6,13-17)15-20-8-2/h8,17,20-21H,2-3,7,9-15H2,1,4-6H3. The number of hydrogen-bond acceptors (Lipinski definition) is 2. The van der Waals surface area contributed by atoms with Crippen LogP contribution in [0.1, 0.15) is 72.6 Å². The summed E-state index contributed by atoms with van der Waals surface area (Å²) in [4.78, 5) is 0. The maximum atomic E-state index is 4.24. The van der Waals surface area contributed by atoms with E-state index < -0.39 is 0 Å². The molecule has 122 valence electrons. The average Bonchev–Trinajstić information content (AvgIpc) is 2.34. The lowest BCUT2D eigenvalue weighted by Gasteiger charge is -2.47. The fourth-order valence-corrected chi connectivity index (χ4v) is 4.14. The first kappa shape index (κ1) is 18.1. The lowest BCUT2D eigenvalue weighted by atomic mass is 9.62. The molecule has 0 radical (unpaired) electrons. The summed E-state index contributed by atoms with van der Waals surface area (Å²) in [5.74, 6) is 0. The molecule has 2 N–H and O–H groups in total. The molecule has 0 amide bonds. The van der Waals surface area contributed by atoms with Gasteiger partial charge in [0.2, 0.25) is 0 Å². The largest absolute Gasteiger partial charge is 0.391 e. The predicted molar refractivity (Wildman–Crippen MR) is 94.1 cm³/mol. The van der Waals surface area contributed by atoms with Crippen molar-refractivity contribution in [3.05, 3.63) is 25.1 Å². The van der Waals surface area contributed by atoms with Crippen molar-refractivity contribution in [1.82, 2.24) is 10.6 Å². The molecule has 0 spiro atoms. The molecule has 0 bridgehead atoms. The molecular weight excluding hydrogens is 256 g/mol. The van der Waals surface area contributed by atoms with Crippen LogP contribution in [0.4, 0.5) is 0 Å². The minimum absolute atomic E-state index is 0.331. The van der Waals surface area contributed by atoms with E-state index in [1.165, 1.54) is 44.2 Å². The average molecular weight is 293 g/mol. The zero-order valence-electron chi connectivity index (χ0n) is 14.7. The molecule has 0 aromatic carbocycles. The van der Waals surface area contributed by atoms with Gasteiger partial charge in [-0.25, -0.2) is 0 Å². The van der Waals surface area contributed by atoms with Gasteiger partial charge in [0.05, 0.1) is 0 Å². The van der Waals surface area contributed by atoms with E-state index in [-0.39, 0.29) is 0 Å². The molecular formula is C19H36N2. The van der Waals surface area contributed by atoms with Crippen LogP contribution in [0.5, 0.6) is 0 Å². The second-order valence-electron chi connectivity index (χ2n) is 8.05. The Bertz CT molecular complexity index is 345. The van der Waals surface area contributed by atoms with Crippen LogP contribution in [-0.4, -0.2) is 12.6 Å². The fourth-order valence-electron chi connectivity index (χ4n) is 4.14. The molecule has 0 aliphatic heterocycles. The summed E-state index contributed by atoms with van der Waals surface area (Å²) in [5, 5.41) is 7.04. The Morgan fingerprint density at radius 1 is 1.24 bits per heavy atom. The second-order valence-corrected chi connectivity index (χ2v) is 8.05. The van der Waals surface area contributed by atoms with Crippen molar-refractivity contribution in [3.8, 4) is 0 Å². The normalized spacial score (nSPS) is 27.9. The predicted octanol–water partition coefficient (Wildman–Crippen LogP) is 4.99. The monoisotopic (exact) mass is 292 g/mol. The third kappa shape index (κ3) is 6.58. The van der Waals surface area contributed by atoms with Crippen LogP contribution in [0, 0.1) is 10.8 Å². The van der Waals surface area contributed by atoms with Crippen LogP contribution in [0.15, 0.2) is 25.1 Å². The van der Waals surface area contributed by atoms with Gasteiger partial charge in [-0.1, -0.05) is 53.7 Å². The Morgan fingerprint density at radius 3 is 2.57 bits per heavy atom. The molecule has 21 heavy (non-hydrogen) atoms. The van der Waals surface area contributed by atoms with E-state index >= 15 is 0 Å². The SMILES string of the molecule is C=CNCC1(C)CC(NC(=C)CCCCC)CC(C)(C)C1. The Morgan fingerprint density at radius 2 is 1.95 bits per heavy atom. The molecule has 2 atom stereocenters. The molecule has 1 fully saturated rings. The van der Waals surface area contributed by atoms with E-state index in [4.69, 9.17) is 0 Å². The number of hydrogen-bond donors (Lipinski definition) is 2. The van der Waals surface area contributed by atoms with Crippen molar-refractivity contribution in [2.45, 2.75) is 78.7 Å². The van der Waals surface area contributed by atoms with E-state index in [2.05, 4.69) is 51.5 Å². The summed E-state index contributed by atoms with van der Waals surface area (Å²) in [6, 6.07) is 0.555. The van der Waals surface area contributed by atoms with E-state index in [9.17, 15) is 0 Å². The minimum Gasteiger partial charge on any atom is -0.391 e. The Kier molecular flexibility index (Phi) is 6.83. The van der Waals surface area contributed by atoms with Gasteiger partial charge in [0.25, 0.3) is 0 Å². The summed E-state index contributed by atoms with van der Waals surface area (Å²) in [6.07, 6.45) is 10.5. The lowest BCUT2D eigenvalue weighted by Crippen LogP contribution is -2.47. The van der Waals surface area contributed by atoms with Gasteiger partial charge in [-0.3, -0.25) is 0 Å². The lowest BCUT2D eigenvalue weighted by molar-refractivity contribution is 0.0760. The van der Waals surface area contributed by atoms with E-state index in [0.717, 1.165) is 13.0 Å². The van der Waals surface area contributed by atoms with Gasteiger partial charge in [0.1, 0.15) is 0 Å². The molecule has 2 heteroatoms. The molecule has 0 aromatic rings. The van der Waals surface area contributed by atoms with E-state index in [1.54, 1.807) is 0 Å². The summed E-state index contributed by atoms with van der Waals surface area (Å²) in [6.45, 7) is 18.5.